The molecule has 1 aromatic carbocycles. The zero-order chi connectivity index (χ0) is 13.7. The number of rotatable bonds is 6. The van der Waals surface area contributed by atoms with Gasteiger partial charge in [-0.2, -0.15) is 0 Å². The normalized spacial score (nSPS) is 12.6. The molecule has 1 heterocycles. The van der Waals surface area contributed by atoms with E-state index >= 15 is 0 Å². The van der Waals surface area contributed by atoms with Gasteiger partial charge < -0.3 is 14.8 Å². The molecule has 1 aromatic heterocycles. The molecule has 102 valence electrons. The van der Waals surface area contributed by atoms with Gasteiger partial charge in [0.2, 0.25) is 0 Å². The monoisotopic (exact) mass is 260 g/mol. The third-order valence-corrected chi connectivity index (χ3v) is 2.90. The van der Waals surface area contributed by atoms with Crippen molar-refractivity contribution in [3.05, 3.63) is 36.0 Å². The molecule has 0 bridgehead atoms. The Bertz CT molecular complexity index is 537. The lowest BCUT2D eigenvalue weighted by atomic mass is 10.2. The molecule has 4 nitrogen and oxygen atoms in total. The summed E-state index contributed by atoms with van der Waals surface area (Å²) in [4.78, 5) is 4.56. The zero-order valence-corrected chi connectivity index (χ0v) is 11.6. The SMILES string of the molecule is CNCC(COC)Oc1cccc2ccc(C)nc12. The zero-order valence-electron chi connectivity index (χ0n) is 11.6. The molecule has 0 aliphatic carbocycles. The van der Waals surface area contributed by atoms with Gasteiger partial charge in [-0.05, 0) is 26.1 Å². The summed E-state index contributed by atoms with van der Waals surface area (Å²) < 4.78 is 11.2. The molecule has 0 aliphatic rings. The van der Waals surface area contributed by atoms with Crippen molar-refractivity contribution >= 4 is 10.9 Å². The molecule has 1 N–H and O–H groups in total. The fourth-order valence-corrected chi connectivity index (χ4v) is 2.04. The number of para-hydroxylation sites is 1. The van der Waals surface area contributed by atoms with E-state index in [2.05, 4.69) is 16.4 Å². The second kappa shape index (κ2) is 6.50. The standard InChI is InChI=1S/C15H20N2O2/c1-11-7-8-12-5-4-6-14(15(12)17-11)19-13(9-16-2)10-18-3/h4-8,13,16H,9-10H2,1-3H3. The number of ether oxygens (including phenoxy) is 2. The van der Waals surface area contributed by atoms with E-state index in [1.807, 2.05) is 38.2 Å². The minimum atomic E-state index is -0.0251. The van der Waals surface area contributed by atoms with Crippen LogP contribution < -0.4 is 10.1 Å². The number of pyridine rings is 1. The van der Waals surface area contributed by atoms with Crippen LogP contribution in [-0.2, 0) is 4.74 Å². The van der Waals surface area contributed by atoms with Gasteiger partial charge in [0.1, 0.15) is 17.4 Å². The molecule has 2 aromatic rings. The maximum Gasteiger partial charge on any atom is 0.146 e. The maximum absolute atomic E-state index is 6.01. The first kappa shape index (κ1) is 13.8. The van der Waals surface area contributed by atoms with Crippen molar-refractivity contribution in [2.24, 2.45) is 0 Å². The molecule has 0 spiro atoms. The molecule has 0 amide bonds. The van der Waals surface area contributed by atoms with Gasteiger partial charge in [0.15, 0.2) is 0 Å². The Labute approximate surface area is 113 Å². The lowest BCUT2D eigenvalue weighted by Crippen LogP contribution is -2.33. The van der Waals surface area contributed by atoms with Crippen LogP contribution in [-0.4, -0.2) is 38.4 Å². The molecule has 2 rings (SSSR count). The highest BCUT2D eigenvalue weighted by Gasteiger charge is 2.12. The van der Waals surface area contributed by atoms with E-state index in [0.717, 1.165) is 28.9 Å². The van der Waals surface area contributed by atoms with Crippen LogP contribution in [0.25, 0.3) is 10.9 Å². The first-order valence-electron chi connectivity index (χ1n) is 6.41. The van der Waals surface area contributed by atoms with Gasteiger partial charge in [0, 0.05) is 24.7 Å². The molecular formula is C15H20N2O2. The van der Waals surface area contributed by atoms with Crippen molar-refractivity contribution < 1.29 is 9.47 Å². The van der Waals surface area contributed by atoms with Crippen molar-refractivity contribution in [1.29, 1.82) is 0 Å². The fourth-order valence-electron chi connectivity index (χ4n) is 2.04. The summed E-state index contributed by atoms with van der Waals surface area (Å²) in [6, 6.07) is 10.0. The van der Waals surface area contributed by atoms with E-state index in [9.17, 15) is 0 Å². The lowest BCUT2D eigenvalue weighted by Gasteiger charge is -2.19. The molecule has 0 radical (unpaired) electrons. The minimum Gasteiger partial charge on any atom is -0.484 e. The molecule has 0 aliphatic heterocycles. The number of aromatic nitrogens is 1. The molecule has 0 saturated heterocycles. The van der Waals surface area contributed by atoms with Crippen LogP contribution >= 0.6 is 0 Å². The van der Waals surface area contributed by atoms with Gasteiger partial charge in [0.05, 0.1) is 6.61 Å². The average Bonchev–Trinajstić information content (AvgIpc) is 2.40. The Morgan fingerprint density at radius 1 is 1.26 bits per heavy atom. The number of likely N-dealkylation sites (N-methyl/N-ethyl adjacent to an activating group) is 1. The summed E-state index contributed by atoms with van der Waals surface area (Å²) in [6.07, 6.45) is -0.0251. The first-order chi connectivity index (χ1) is 9.24. The summed E-state index contributed by atoms with van der Waals surface area (Å²) in [5.74, 6) is 0.804. The quantitative estimate of drug-likeness (QED) is 0.864. The molecule has 1 unspecified atom stereocenters. The summed E-state index contributed by atoms with van der Waals surface area (Å²) in [5.41, 5.74) is 1.89. The average molecular weight is 260 g/mol. The van der Waals surface area contributed by atoms with Crippen LogP contribution in [0.3, 0.4) is 0 Å². The van der Waals surface area contributed by atoms with Crippen LogP contribution in [0.2, 0.25) is 0 Å². The largest absolute Gasteiger partial charge is 0.484 e. The first-order valence-corrected chi connectivity index (χ1v) is 6.41. The highest BCUT2D eigenvalue weighted by atomic mass is 16.5. The van der Waals surface area contributed by atoms with E-state index in [-0.39, 0.29) is 6.10 Å². The molecule has 4 heteroatoms. The van der Waals surface area contributed by atoms with Crippen LogP contribution in [0.4, 0.5) is 0 Å². The van der Waals surface area contributed by atoms with E-state index in [4.69, 9.17) is 9.47 Å². The summed E-state index contributed by atoms with van der Waals surface area (Å²) in [6.45, 7) is 3.26. The number of methoxy groups -OCH3 is 1. The fraction of sp³-hybridized carbons (Fsp3) is 0.400. The highest BCUT2D eigenvalue weighted by molar-refractivity contribution is 5.84. The van der Waals surface area contributed by atoms with Gasteiger partial charge in [-0.25, -0.2) is 4.98 Å². The summed E-state index contributed by atoms with van der Waals surface area (Å²) >= 11 is 0. The van der Waals surface area contributed by atoms with Crippen molar-refractivity contribution in [3.8, 4) is 5.75 Å². The predicted molar refractivity (Wildman–Crippen MR) is 76.7 cm³/mol. The second-order valence-corrected chi connectivity index (χ2v) is 4.53. The van der Waals surface area contributed by atoms with Crippen LogP contribution in [0.15, 0.2) is 30.3 Å². The molecule has 19 heavy (non-hydrogen) atoms. The Kier molecular flexibility index (Phi) is 4.71. The van der Waals surface area contributed by atoms with E-state index in [0.29, 0.717) is 6.61 Å². The van der Waals surface area contributed by atoms with Gasteiger partial charge in [-0.3, -0.25) is 0 Å². The summed E-state index contributed by atoms with van der Waals surface area (Å²) in [7, 11) is 3.58. The van der Waals surface area contributed by atoms with E-state index in [1.54, 1.807) is 7.11 Å². The second-order valence-electron chi connectivity index (χ2n) is 4.53. The number of nitrogens with one attached hydrogen (secondary N) is 1. The van der Waals surface area contributed by atoms with Crippen molar-refractivity contribution in [2.45, 2.75) is 13.0 Å². The van der Waals surface area contributed by atoms with Gasteiger partial charge in [-0.15, -0.1) is 0 Å². The van der Waals surface area contributed by atoms with E-state index < -0.39 is 0 Å². The molecule has 1 atom stereocenters. The number of hydrogen-bond acceptors (Lipinski definition) is 4. The lowest BCUT2D eigenvalue weighted by molar-refractivity contribution is 0.0827. The smallest absolute Gasteiger partial charge is 0.146 e. The topological polar surface area (TPSA) is 43.4 Å². The van der Waals surface area contributed by atoms with Crippen molar-refractivity contribution in [3.63, 3.8) is 0 Å². The van der Waals surface area contributed by atoms with Crippen LogP contribution in [0.5, 0.6) is 5.75 Å². The van der Waals surface area contributed by atoms with Crippen LogP contribution in [0, 0.1) is 6.92 Å². The number of benzene rings is 1. The van der Waals surface area contributed by atoms with Gasteiger partial charge in [-0.1, -0.05) is 18.2 Å². The van der Waals surface area contributed by atoms with Gasteiger partial charge >= 0.3 is 0 Å². The van der Waals surface area contributed by atoms with Crippen LogP contribution in [0.1, 0.15) is 5.69 Å². The number of aryl methyl sites for hydroxylation is 1. The minimum absolute atomic E-state index is 0.0251. The Balaban J connectivity index is 2.30. The molecule has 0 fully saturated rings. The third-order valence-electron chi connectivity index (χ3n) is 2.90. The Hall–Kier alpha value is -1.65. The maximum atomic E-state index is 6.01. The van der Waals surface area contributed by atoms with E-state index in [1.165, 1.54) is 0 Å². The van der Waals surface area contributed by atoms with Crippen molar-refractivity contribution in [2.75, 3.05) is 27.3 Å². The number of fused-ring (bicyclic) bond motifs is 1. The Morgan fingerprint density at radius 3 is 2.84 bits per heavy atom. The number of nitrogens with zero attached hydrogens (tertiary/aromatic N) is 1. The summed E-state index contributed by atoms with van der Waals surface area (Å²) in [5, 5.41) is 4.19. The Morgan fingerprint density at radius 2 is 2.11 bits per heavy atom. The molecular weight excluding hydrogens is 240 g/mol. The van der Waals surface area contributed by atoms with Crippen molar-refractivity contribution in [1.82, 2.24) is 10.3 Å². The van der Waals surface area contributed by atoms with Gasteiger partial charge in [0.25, 0.3) is 0 Å². The highest BCUT2D eigenvalue weighted by Crippen LogP contribution is 2.24. The predicted octanol–water partition coefficient (Wildman–Crippen LogP) is 2.16. The third kappa shape index (κ3) is 3.43. The molecule has 0 saturated carbocycles. The number of hydrogen-bond donors (Lipinski definition) is 1.